The van der Waals surface area contributed by atoms with Crippen LogP contribution in [0.3, 0.4) is 0 Å². The minimum absolute atomic E-state index is 0.148. The molecule has 2 aromatic rings. The SMILES string of the molecule is CC(C)[NH+]1Cc2ccccc2CC1CONC(=O)Cc1ccc(C(=O)NO)cc1. The molecule has 1 aliphatic rings. The van der Waals surface area contributed by atoms with E-state index in [9.17, 15) is 9.59 Å². The first-order valence-electron chi connectivity index (χ1n) is 9.84. The summed E-state index contributed by atoms with van der Waals surface area (Å²) < 4.78 is 0. The van der Waals surface area contributed by atoms with Gasteiger partial charge >= 0.3 is 0 Å². The highest BCUT2D eigenvalue weighted by molar-refractivity contribution is 5.93. The summed E-state index contributed by atoms with van der Waals surface area (Å²) in [5, 5.41) is 8.63. The van der Waals surface area contributed by atoms with E-state index in [1.807, 2.05) is 0 Å². The monoisotopic (exact) mass is 398 g/mol. The van der Waals surface area contributed by atoms with Crippen molar-refractivity contribution in [3.63, 3.8) is 0 Å². The van der Waals surface area contributed by atoms with Crippen molar-refractivity contribution in [1.29, 1.82) is 0 Å². The zero-order valence-corrected chi connectivity index (χ0v) is 16.8. The quantitative estimate of drug-likeness (QED) is 0.410. The lowest BCUT2D eigenvalue weighted by atomic mass is 9.93. The Hall–Kier alpha value is -2.74. The number of hydroxylamine groups is 2. The number of nitrogens with one attached hydrogen (secondary N) is 3. The summed E-state index contributed by atoms with van der Waals surface area (Å²) in [6.45, 7) is 5.82. The lowest BCUT2D eigenvalue weighted by Crippen LogP contribution is -3.19. The van der Waals surface area contributed by atoms with Crippen molar-refractivity contribution in [2.24, 2.45) is 0 Å². The highest BCUT2D eigenvalue weighted by Gasteiger charge is 2.31. The maximum absolute atomic E-state index is 12.2. The Morgan fingerprint density at radius 2 is 1.83 bits per heavy atom. The maximum Gasteiger partial charge on any atom is 0.274 e. The molecular formula is C22H28N3O4+. The Kier molecular flexibility index (Phi) is 6.98. The van der Waals surface area contributed by atoms with Crippen LogP contribution in [0.2, 0.25) is 0 Å². The van der Waals surface area contributed by atoms with Gasteiger partial charge in [0.15, 0.2) is 0 Å². The maximum atomic E-state index is 12.2. The van der Waals surface area contributed by atoms with Gasteiger partial charge in [0.25, 0.3) is 5.91 Å². The second-order valence-electron chi connectivity index (χ2n) is 7.73. The second kappa shape index (κ2) is 9.65. The molecule has 0 saturated carbocycles. The van der Waals surface area contributed by atoms with Gasteiger partial charge in [-0.3, -0.25) is 19.6 Å². The molecule has 0 fully saturated rings. The molecule has 0 saturated heterocycles. The highest BCUT2D eigenvalue weighted by Crippen LogP contribution is 2.14. The minimum Gasteiger partial charge on any atom is -0.325 e. The number of amides is 2. The zero-order valence-electron chi connectivity index (χ0n) is 16.8. The number of quaternary nitrogens is 1. The lowest BCUT2D eigenvalue weighted by molar-refractivity contribution is -0.961. The van der Waals surface area contributed by atoms with Crippen LogP contribution in [0.5, 0.6) is 0 Å². The third-order valence-corrected chi connectivity index (χ3v) is 5.40. The largest absolute Gasteiger partial charge is 0.325 e. The topological polar surface area (TPSA) is 92.1 Å². The fourth-order valence-electron chi connectivity index (χ4n) is 3.81. The summed E-state index contributed by atoms with van der Waals surface area (Å²) in [6, 6.07) is 15.7. The van der Waals surface area contributed by atoms with Gasteiger partial charge in [0.2, 0.25) is 5.91 Å². The molecule has 7 heteroatoms. The van der Waals surface area contributed by atoms with Crippen molar-refractivity contribution >= 4 is 11.8 Å². The summed E-state index contributed by atoms with van der Waals surface area (Å²) in [6.07, 6.45) is 1.07. The molecule has 3 rings (SSSR count). The van der Waals surface area contributed by atoms with Crippen molar-refractivity contribution in [2.75, 3.05) is 6.61 Å². The van der Waals surface area contributed by atoms with E-state index >= 15 is 0 Å². The fraction of sp³-hybridized carbons (Fsp3) is 0.364. The molecular weight excluding hydrogens is 370 g/mol. The van der Waals surface area contributed by atoms with Gasteiger partial charge in [0, 0.05) is 17.5 Å². The van der Waals surface area contributed by atoms with Crippen LogP contribution in [0.1, 0.15) is 40.9 Å². The van der Waals surface area contributed by atoms with Crippen molar-refractivity contribution in [1.82, 2.24) is 11.0 Å². The average molecular weight is 398 g/mol. The first-order valence-corrected chi connectivity index (χ1v) is 9.84. The Bertz CT molecular complexity index is 851. The van der Waals surface area contributed by atoms with Crippen molar-refractivity contribution in [3.05, 3.63) is 70.8 Å². The molecule has 1 heterocycles. The zero-order chi connectivity index (χ0) is 20.8. The predicted molar refractivity (Wildman–Crippen MR) is 107 cm³/mol. The molecule has 7 nitrogen and oxygen atoms in total. The van der Waals surface area contributed by atoms with E-state index in [2.05, 4.69) is 43.6 Å². The fourth-order valence-corrected chi connectivity index (χ4v) is 3.81. The Labute approximate surface area is 170 Å². The first kappa shape index (κ1) is 21.0. The number of hydrogen-bond acceptors (Lipinski definition) is 4. The molecule has 2 aromatic carbocycles. The molecule has 0 aliphatic carbocycles. The van der Waals surface area contributed by atoms with Crippen molar-refractivity contribution in [3.8, 4) is 0 Å². The molecule has 0 radical (unpaired) electrons. The van der Waals surface area contributed by atoms with Crippen LogP contribution < -0.4 is 15.9 Å². The van der Waals surface area contributed by atoms with Gasteiger partial charge in [-0.25, -0.2) is 11.0 Å². The Balaban J connectivity index is 1.51. The van der Waals surface area contributed by atoms with Crippen LogP contribution in [0.4, 0.5) is 0 Å². The van der Waals surface area contributed by atoms with Gasteiger partial charge in [-0.2, -0.15) is 0 Å². The first-order chi connectivity index (χ1) is 14.0. The second-order valence-corrected chi connectivity index (χ2v) is 7.73. The van der Waals surface area contributed by atoms with E-state index < -0.39 is 5.91 Å². The summed E-state index contributed by atoms with van der Waals surface area (Å²) in [4.78, 5) is 30.5. The summed E-state index contributed by atoms with van der Waals surface area (Å²) >= 11 is 0. The van der Waals surface area contributed by atoms with Crippen LogP contribution in [-0.2, 0) is 29.0 Å². The third kappa shape index (κ3) is 5.41. The number of fused-ring (bicyclic) bond motifs is 1. The molecule has 154 valence electrons. The molecule has 29 heavy (non-hydrogen) atoms. The van der Waals surface area contributed by atoms with E-state index in [0.717, 1.165) is 18.5 Å². The van der Waals surface area contributed by atoms with Gasteiger partial charge in [-0.15, -0.1) is 0 Å². The molecule has 2 unspecified atom stereocenters. The van der Waals surface area contributed by atoms with Crippen LogP contribution in [0.15, 0.2) is 48.5 Å². The predicted octanol–water partition coefficient (Wildman–Crippen LogP) is 0.814. The third-order valence-electron chi connectivity index (χ3n) is 5.40. The Morgan fingerprint density at radius 1 is 1.14 bits per heavy atom. The van der Waals surface area contributed by atoms with E-state index in [1.165, 1.54) is 16.0 Å². The average Bonchev–Trinajstić information content (AvgIpc) is 2.73. The molecule has 4 N–H and O–H groups in total. The molecule has 0 aromatic heterocycles. The van der Waals surface area contributed by atoms with Gasteiger partial charge in [0.05, 0.1) is 12.5 Å². The van der Waals surface area contributed by atoms with E-state index in [4.69, 9.17) is 10.0 Å². The Morgan fingerprint density at radius 3 is 2.48 bits per heavy atom. The minimum atomic E-state index is -0.587. The van der Waals surface area contributed by atoms with E-state index in [-0.39, 0.29) is 18.4 Å². The molecule has 2 amide bonds. The summed E-state index contributed by atoms with van der Waals surface area (Å²) in [5.74, 6) is -0.831. The van der Waals surface area contributed by atoms with Gasteiger partial charge in [0.1, 0.15) is 19.2 Å². The molecule has 0 spiro atoms. The van der Waals surface area contributed by atoms with Crippen molar-refractivity contribution < 1.29 is 24.5 Å². The molecule has 0 bridgehead atoms. The number of rotatable bonds is 7. The molecule has 1 aliphatic heterocycles. The number of carbonyl (C=O) groups is 2. The number of carbonyl (C=O) groups excluding carboxylic acids is 2. The summed E-state index contributed by atoms with van der Waals surface area (Å²) in [7, 11) is 0. The van der Waals surface area contributed by atoms with Crippen LogP contribution >= 0.6 is 0 Å². The summed E-state index contributed by atoms with van der Waals surface area (Å²) in [5.41, 5.74) is 7.92. The van der Waals surface area contributed by atoms with Crippen molar-refractivity contribution in [2.45, 2.75) is 45.3 Å². The van der Waals surface area contributed by atoms with Gasteiger partial charge in [-0.05, 0) is 37.1 Å². The van der Waals surface area contributed by atoms with Crippen LogP contribution in [0.25, 0.3) is 0 Å². The smallest absolute Gasteiger partial charge is 0.274 e. The standard InChI is InChI=1S/C22H27N3O4/c1-15(2)25-13-19-6-4-3-5-18(19)12-20(25)14-29-24-21(26)11-16-7-9-17(10-8-16)22(27)23-28/h3-10,15,20,28H,11-14H2,1-2H3,(H,23,27)(H,24,26)/p+1. The van der Waals surface area contributed by atoms with Crippen LogP contribution in [0, 0.1) is 0 Å². The van der Waals surface area contributed by atoms with E-state index in [1.54, 1.807) is 29.7 Å². The number of benzene rings is 2. The normalized spacial score (nSPS) is 18.2. The van der Waals surface area contributed by atoms with Gasteiger partial charge in [-0.1, -0.05) is 36.4 Å². The van der Waals surface area contributed by atoms with E-state index in [0.29, 0.717) is 18.2 Å². The van der Waals surface area contributed by atoms with Gasteiger partial charge < -0.3 is 4.90 Å². The van der Waals surface area contributed by atoms with Crippen LogP contribution in [-0.4, -0.2) is 35.7 Å². The number of hydrogen-bond donors (Lipinski definition) is 4. The lowest BCUT2D eigenvalue weighted by Gasteiger charge is -2.36. The molecule has 2 atom stereocenters. The highest BCUT2D eigenvalue weighted by atomic mass is 16.7.